The van der Waals surface area contributed by atoms with Crippen LogP contribution in [-0.4, -0.2) is 17.8 Å². The van der Waals surface area contributed by atoms with Crippen LogP contribution in [0.15, 0.2) is 40.8 Å². The van der Waals surface area contributed by atoms with Gasteiger partial charge in [-0.3, -0.25) is 0 Å². The SMILES string of the molecule is CCNC(C1=CCCCC1)C1Cc2ccccc2S1. The molecule has 2 atom stereocenters. The molecule has 19 heavy (non-hydrogen) atoms. The van der Waals surface area contributed by atoms with Gasteiger partial charge in [0.15, 0.2) is 0 Å². The zero-order valence-corrected chi connectivity index (χ0v) is 12.5. The second-order valence-corrected chi connectivity index (χ2v) is 6.81. The monoisotopic (exact) mass is 273 g/mol. The van der Waals surface area contributed by atoms with E-state index in [2.05, 4.69) is 54.3 Å². The van der Waals surface area contributed by atoms with Crippen LogP contribution in [0.1, 0.15) is 38.2 Å². The minimum atomic E-state index is 0.572. The number of allylic oxidation sites excluding steroid dienone is 1. The van der Waals surface area contributed by atoms with Crippen LogP contribution in [0.25, 0.3) is 0 Å². The number of benzene rings is 1. The first-order valence-electron chi connectivity index (χ1n) is 7.55. The maximum Gasteiger partial charge on any atom is 0.0406 e. The average Bonchev–Trinajstić information content (AvgIpc) is 2.89. The van der Waals surface area contributed by atoms with E-state index in [4.69, 9.17) is 0 Å². The lowest BCUT2D eigenvalue weighted by atomic mass is 9.90. The van der Waals surface area contributed by atoms with E-state index in [9.17, 15) is 0 Å². The van der Waals surface area contributed by atoms with Gasteiger partial charge in [0.1, 0.15) is 0 Å². The maximum absolute atomic E-state index is 3.74. The first-order valence-corrected chi connectivity index (χ1v) is 8.43. The van der Waals surface area contributed by atoms with Crippen molar-refractivity contribution in [3.8, 4) is 0 Å². The third-order valence-corrected chi connectivity index (χ3v) is 5.59. The lowest BCUT2D eigenvalue weighted by molar-refractivity contribution is 0.528. The minimum Gasteiger partial charge on any atom is -0.310 e. The first-order chi connectivity index (χ1) is 9.38. The summed E-state index contributed by atoms with van der Waals surface area (Å²) < 4.78 is 0. The third-order valence-electron chi connectivity index (χ3n) is 4.19. The van der Waals surface area contributed by atoms with E-state index in [0.717, 1.165) is 6.54 Å². The Kier molecular flexibility index (Phi) is 4.29. The highest BCUT2D eigenvalue weighted by Crippen LogP contribution is 2.40. The molecule has 0 fully saturated rings. The van der Waals surface area contributed by atoms with E-state index < -0.39 is 0 Å². The molecular weight excluding hydrogens is 250 g/mol. The quantitative estimate of drug-likeness (QED) is 0.826. The topological polar surface area (TPSA) is 12.0 Å². The number of hydrogen-bond acceptors (Lipinski definition) is 2. The van der Waals surface area contributed by atoms with Crippen molar-refractivity contribution in [2.45, 2.75) is 55.2 Å². The summed E-state index contributed by atoms with van der Waals surface area (Å²) in [5.41, 5.74) is 3.20. The summed E-state index contributed by atoms with van der Waals surface area (Å²) in [6.07, 6.45) is 9.04. The van der Waals surface area contributed by atoms with Crippen molar-refractivity contribution in [2.75, 3.05) is 6.54 Å². The predicted octanol–water partition coefficient (Wildman–Crippen LogP) is 4.18. The number of thioether (sulfide) groups is 1. The molecule has 0 amide bonds. The van der Waals surface area contributed by atoms with Gasteiger partial charge in [0.2, 0.25) is 0 Å². The third kappa shape index (κ3) is 2.90. The summed E-state index contributed by atoms with van der Waals surface area (Å²) in [4.78, 5) is 1.49. The van der Waals surface area contributed by atoms with E-state index in [1.165, 1.54) is 42.6 Å². The lowest BCUT2D eigenvalue weighted by Crippen LogP contribution is -2.40. The maximum atomic E-state index is 3.74. The molecular formula is C17H23NS. The summed E-state index contributed by atoms with van der Waals surface area (Å²) in [6.45, 7) is 3.29. The van der Waals surface area contributed by atoms with Crippen molar-refractivity contribution in [1.29, 1.82) is 0 Å². The van der Waals surface area contributed by atoms with Gasteiger partial charge in [-0.15, -0.1) is 11.8 Å². The van der Waals surface area contributed by atoms with Crippen LogP contribution < -0.4 is 5.32 Å². The van der Waals surface area contributed by atoms with E-state index in [1.54, 1.807) is 5.57 Å². The molecule has 3 rings (SSSR count). The fraction of sp³-hybridized carbons (Fsp3) is 0.529. The molecule has 2 aliphatic rings. The molecule has 0 saturated heterocycles. The first kappa shape index (κ1) is 13.3. The normalized spacial score (nSPS) is 23.8. The number of fused-ring (bicyclic) bond motifs is 1. The molecule has 1 aliphatic carbocycles. The van der Waals surface area contributed by atoms with Crippen molar-refractivity contribution in [1.82, 2.24) is 5.32 Å². The lowest BCUT2D eigenvalue weighted by Gasteiger charge is -2.28. The number of nitrogens with one attached hydrogen (secondary N) is 1. The van der Waals surface area contributed by atoms with Crippen LogP contribution >= 0.6 is 11.8 Å². The van der Waals surface area contributed by atoms with E-state index >= 15 is 0 Å². The van der Waals surface area contributed by atoms with Gasteiger partial charge in [-0.05, 0) is 50.3 Å². The second kappa shape index (κ2) is 6.15. The summed E-state index contributed by atoms with van der Waals surface area (Å²) >= 11 is 2.07. The molecule has 0 spiro atoms. The summed E-state index contributed by atoms with van der Waals surface area (Å²) in [6, 6.07) is 9.47. The van der Waals surface area contributed by atoms with Crippen molar-refractivity contribution in [2.24, 2.45) is 0 Å². The van der Waals surface area contributed by atoms with Gasteiger partial charge in [0.25, 0.3) is 0 Å². The van der Waals surface area contributed by atoms with E-state index in [-0.39, 0.29) is 0 Å². The number of likely N-dealkylation sites (N-methyl/N-ethyl adjacent to an activating group) is 1. The van der Waals surface area contributed by atoms with Crippen molar-refractivity contribution in [3.05, 3.63) is 41.5 Å². The fourth-order valence-corrected chi connectivity index (χ4v) is 4.72. The van der Waals surface area contributed by atoms with E-state index in [0.29, 0.717) is 11.3 Å². The van der Waals surface area contributed by atoms with Crippen LogP contribution in [-0.2, 0) is 6.42 Å². The Balaban J connectivity index is 1.77. The van der Waals surface area contributed by atoms with Gasteiger partial charge in [-0.2, -0.15) is 0 Å². The molecule has 1 aliphatic heterocycles. The molecule has 1 N–H and O–H groups in total. The molecule has 0 aromatic heterocycles. The molecule has 0 radical (unpaired) electrons. The van der Waals surface area contributed by atoms with Gasteiger partial charge < -0.3 is 5.32 Å². The van der Waals surface area contributed by atoms with Gasteiger partial charge in [-0.25, -0.2) is 0 Å². The van der Waals surface area contributed by atoms with Crippen LogP contribution in [0.3, 0.4) is 0 Å². The largest absolute Gasteiger partial charge is 0.310 e. The Morgan fingerprint density at radius 2 is 2.21 bits per heavy atom. The molecule has 1 nitrogen and oxygen atoms in total. The molecule has 0 saturated carbocycles. The predicted molar refractivity (Wildman–Crippen MR) is 83.8 cm³/mol. The standard InChI is InChI=1S/C17H23NS/c1-2-18-17(13-8-4-3-5-9-13)16-12-14-10-6-7-11-15(14)19-16/h6-8,10-11,16-18H,2-5,9,12H2,1H3. The number of hydrogen-bond donors (Lipinski definition) is 1. The molecule has 2 heteroatoms. The van der Waals surface area contributed by atoms with Gasteiger partial charge >= 0.3 is 0 Å². The fourth-order valence-electron chi connectivity index (χ4n) is 3.26. The van der Waals surface area contributed by atoms with Crippen LogP contribution in [0, 0.1) is 0 Å². The molecule has 1 heterocycles. The zero-order chi connectivity index (χ0) is 13.1. The second-order valence-electron chi connectivity index (χ2n) is 5.53. The molecule has 0 bridgehead atoms. The van der Waals surface area contributed by atoms with Crippen molar-refractivity contribution < 1.29 is 0 Å². The summed E-state index contributed by atoms with van der Waals surface area (Å²) in [7, 11) is 0. The van der Waals surface area contributed by atoms with Crippen molar-refractivity contribution in [3.63, 3.8) is 0 Å². The molecule has 1 aromatic rings. The minimum absolute atomic E-state index is 0.572. The van der Waals surface area contributed by atoms with Gasteiger partial charge in [0.05, 0.1) is 0 Å². The van der Waals surface area contributed by atoms with Crippen LogP contribution in [0.4, 0.5) is 0 Å². The van der Waals surface area contributed by atoms with E-state index in [1.807, 2.05) is 0 Å². The Morgan fingerprint density at radius 3 is 2.95 bits per heavy atom. The van der Waals surface area contributed by atoms with Gasteiger partial charge in [0, 0.05) is 16.2 Å². The molecule has 1 aromatic carbocycles. The smallest absolute Gasteiger partial charge is 0.0406 e. The Hall–Kier alpha value is -0.730. The highest BCUT2D eigenvalue weighted by Gasteiger charge is 2.31. The zero-order valence-electron chi connectivity index (χ0n) is 11.7. The highest BCUT2D eigenvalue weighted by molar-refractivity contribution is 8.00. The Bertz CT molecular complexity index is 441. The van der Waals surface area contributed by atoms with Gasteiger partial charge in [-0.1, -0.05) is 36.8 Å². The molecule has 102 valence electrons. The number of rotatable bonds is 4. The average molecular weight is 273 g/mol. The van der Waals surface area contributed by atoms with Crippen LogP contribution in [0.5, 0.6) is 0 Å². The molecule has 2 unspecified atom stereocenters. The van der Waals surface area contributed by atoms with Crippen molar-refractivity contribution >= 4 is 11.8 Å². The Labute approximate surface area is 120 Å². The van der Waals surface area contributed by atoms with Crippen LogP contribution in [0.2, 0.25) is 0 Å². The summed E-state index contributed by atoms with van der Waals surface area (Å²) in [5.74, 6) is 0. The Morgan fingerprint density at radius 1 is 1.32 bits per heavy atom. The highest BCUT2D eigenvalue weighted by atomic mass is 32.2. The summed E-state index contributed by atoms with van der Waals surface area (Å²) in [5, 5.41) is 4.42.